The van der Waals surface area contributed by atoms with E-state index in [1.54, 1.807) is 7.11 Å². The Hall–Kier alpha value is -1.17. The van der Waals surface area contributed by atoms with E-state index in [2.05, 4.69) is 10.6 Å². The second kappa shape index (κ2) is 5.65. The number of nitrogens with one attached hydrogen (secondary N) is 2. The molecular formula is C12H14ClFN2O2. The summed E-state index contributed by atoms with van der Waals surface area (Å²) in [5, 5.41) is 5.93. The second-order valence-corrected chi connectivity index (χ2v) is 4.55. The minimum absolute atomic E-state index is 0.00357. The molecule has 0 spiro atoms. The van der Waals surface area contributed by atoms with E-state index in [-0.39, 0.29) is 28.6 Å². The smallest absolute Gasteiger partial charge is 0.251 e. The van der Waals surface area contributed by atoms with Crippen molar-refractivity contribution in [2.75, 3.05) is 20.2 Å². The number of rotatable bonds is 3. The summed E-state index contributed by atoms with van der Waals surface area (Å²) in [4.78, 5) is 11.9. The predicted octanol–water partition coefficient (Wildman–Crippen LogP) is 1.20. The summed E-state index contributed by atoms with van der Waals surface area (Å²) < 4.78 is 18.5. The number of benzene rings is 1. The van der Waals surface area contributed by atoms with Gasteiger partial charge in [-0.25, -0.2) is 4.39 Å². The lowest BCUT2D eigenvalue weighted by atomic mass is 10.1. The number of carbonyl (C=O) groups excluding carboxylic acids is 1. The fourth-order valence-electron chi connectivity index (χ4n) is 1.94. The van der Waals surface area contributed by atoms with Crippen molar-refractivity contribution in [2.45, 2.75) is 12.1 Å². The van der Waals surface area contributed by atoms with E-state index in [9.17, 15) is 9.18 Å². The Morgan fingerprint density at radius 2 is 2.33 bits per heavy atom. The molecule has 2 N–H and O–H groups in total. The fourth-order valence-corrected chi connectivity index (χ4v) is 2.05. The Morgan fingerprint density at radius 1 is 1.56 bits per heavy atom. The van der Waals surface area contributed by atoms with Crippen LogP contribution in [-0.2, 0) is 4.74 Å². The molecule has 0 unspecified atom stereocenters. The molecular weight excluding hydrogens is 259 g/mol. The lowest BCUT2D eigenvalue weighted by Crippen LogP contribution is -2.43. The van der Waals surface area contributed by atoms with Gasteiger partial charge in [-0.15, -0.1) is 0 Å². The Balaban J connectivity index is 2.05. The summed E-state index contributed by atoms with van der Waals surface area (Å²) >= 11 is 5.56. The van der Waals surface area contributed by atoms with Crippen LogP contribution >= 0.6 is 11.6 Å². The van der Waals surface area contributed by atoms with Gasteiger partial charge in [0, 0.05) is 25.8 Å². The first kappa shape index (κ1) is 13.3. The number of hydrogen-bond donors (Lipinski definition) is 2. The monoisotopic (exact) mass is 272 g/mol. The van der Waals surface area contributed by atoms with Crippen molar-refractivity contribution >= 4 is 17.5 Å². The molecule has 2 rings (SSSR count). The molecule has 1 saturated heterocycles. The summed E-state index contributed by atoms with van der Waals surface area (Å²) in [6.07, 6.45) is -0.0638. The number of amides is 1. The fraction of sp³-hybridized carbons (Fsp3) is 0.417. The van der Waals surface area contributed by atoms with Crippen molar-refractivity contribution in [1.29, 1.82) is 0 Å². The van der Waals surface area contributed by atoms with Crippen molar-refractivity contribution in [3.8, 4) is 0 Å². The maximum Gasteiger partial charge on any atom is 0.251 e. The van der Waals surface area contributed by atoms with Crippen molar-refractivity contribution in [3.05, 3.63) is 34.6 Å². The molecule has 4 nitrogen and oxygen atoms in total. The summed E-state index contributed by atoms with van der Waals surface area (Å²) in [5.41, 5.74) is 0.249. The molecule has 0 saturated carbocycles. The van der Waals surface area contributed by atoms with E-state index < -0.39 is 5.82 Å². The maximum atomic E-state index is 13.2. The van der Waals surface area contributed by atoms with Crippen molar-refractivity contribution in [3.63, 3.8) is 0 Å². The third kappa shape index (κ3) is 2.80. The maximum absolute atomic E-state index is 13.2. The van der Waals surface area contributed by atoms with Gasteiger partial charge in [0.15, 0.2) is 0 Å². The van der Waals surface area contributed by atoms with Crippen LogP contribution in [0.5, 0.6) is 0 Å². The molecule has 1 amide bonds. The van der Waals surface area contributed by atoms with Crippen LogP contribution in [0.2, 0.25) is 5.02 Å². The van der Waals surface area contributed by atoms with Gasteiger partial charge in [0.25, 0.3) is 5.91 Å². The Bertz CT molecular complexity index is 456. The highest BCUT2D eigenvalue weighted by atomic mass is 35.5. The SMILES string of the molecule is CO[C@H]1CNC[C@H]1NC(=O)c1ccc(Cl)c(F)c1. The summed E-state index contributed by atoms with van der Waals surface area (Å²) in [5.74, 6) is -0.932. The minimum Gasteiger partial charge on any atom is -0.378 e. The van der Waals surface area contributed by atoms with Gasteiger partial charge < -0.3 is 15.4 Å². The molecule has 6 heteroatoms. The standard InChI is InChI=1S/C12H14ClFN2O2/c1-18-11-6-15-5-10(11)16-12(17)7-2-3-8(13)9(14)4-7/h2-4,10-11,15H,5-6H2,1H3,(H,16,17)/t10-,11+/m1/s1. The third-order valence-corrected chi connectivity index (χ3v) is 3.27. The molecule has 1 fully saturated rings. The second-order valence-electron chi connectivity index (χ2n) is 4.14. The van der Waals surface area contributed by atoms with Gasteiger partial charge in [-0.3, -0.25) is 4.79 Å². The van der Waals surface area contributed by atoms with E-state index in [0.29, 0.717) is 13.1 Å². The molecule has 0 bridgehead atoms. The normalized spacial score (nSPS) is 23.1. The Labute approximate surface area is 109 Å². The van der Waals surface area contributed by atoms with Crippen LogP contribution in [0.1, 0.15) is 10.4 Å². The van der Waals surface area contributed by atoms with Gasteiger partial charge in [0.05, 0.1) is 17.2 Å². The highest BCUT2D eigenvalue weighted by Crippen LogP contribution is 2.16. The number of methoxy groups -OCH3 is 1. The van der Waals surface area contributed by atoms with E-state index in [1.807, 2.05) is 0 Å². The largest absolute Gasteiger partial charge is 0.378 e. The molecule has 1 aromatic rings. The summed E-state index contributed by atoms with van der Waals surface area (Å²) in [6.45, 7) is 1.33. The molecule has 98 valence electrons. The quantitative estimate of drug-likeness (QED) is 0.869. The van der Waals surface area contributed by atoms with Gasteiger partial charge in [-0.2, -0.15) is 0 Å². The van der Waals surface area contributed by atoms with E-state index in [0.717, 1.165) is 6.07 Å². The highest BCUT2D eigenvalue weighted by Gasteiger charge is 2.28. The van der Waals surface area contributed by atoms with Gasteiger partial charge in [0.1, 0.15) is 5.82 Å². The summed E-state index contributed by atoms with van der Waals surface area (Å²) in [6, 6.07) is 3.88. The van der Waals surface area contributed by atoms with Crippen molar-refractivity contribution in [1.82, 2.24) is 10.6 Å². The lowest BCUT2D eigenvalue weighted by Gasteiger charge is -2.18. The molecule has 1 heterocycles. The van der Waals surface area contributed by atoms with Gasteiger partial charge >= 0.3 is 0 Å². The van der Waals surface area contributed by atoms with E-state index in [1.165, 1.54) is 12.1 Å². The Morgan fingerprint density at radius 3 is 3.00 bits per heavy atom. The van der Waals surface area contributed by atoms with Gasteiger partial charge in [0.2, 0.25) is 0 Å². The zero-order valence-electron chi connectivity index (χ0n) is 9.87. The molecule has 1 aromatic carbocycles. The van der Waals surface area contributed by atoms with Gasteiger partial charge in [-0.05, 0) is 18.2 Å². The molecule has 1 aliphatic heterocycles. The molecule has 2 atom stereocenters. The van der Waals surface area contributed by atoms with Crippen LogP contribution in [0.15, 0.2) is 18.2 Å². The van der Waals surface area contributed by atoms with Crippen LogP contribution in [0.25, 0.3) is 0 Å². The molecule has 18 heavy (non-hydrogen) atoms. The third-order valence-electron chi connectivity index (χ3n) is 2.96. The molecule has 0 aliphatic carbocycles. The molecule has 0 aromatic heterocycles. The first-order chi connectivity index (χ1) is 8.61. The first-order valence-electron chi connectivity index (χ1n) is 5.61. The lowest BCUT2D eigenvalue weighted by molar-refractivity contribution is 0.0779. The number of halogens is 2. The number of hydrogen-bond acceptors (Lipinski definition) is 3. The average molecular weight is 273 g/mol. The van der Waals surface area contributed by atoms with Crippen LogP contribution in [0.3, 0.4) is 0 Å². The topological polar surface area (TPSA) is 50.4 Å². The summed E-state index contributed by atoms with van der Waals surface area (Å²) in [7, 11) is 1.60. The first-order valence-corrected chi connectivity index (χ1v) is 5.99. The van der Waals surface area contributed by atoms with Gasteiger partial charge in [-0.1, -0.05) is 11.6 Å². The predicted molar refractivity (Wildman–Crippen MR) is 66.3 cm³/mol. The van der Waals surface area contributed by atoms with E-state index in [4.69, 9.17) is 16.3 Å². The Kier molecular flexibility index (Phi) is 4.16. The highest BCUT2D eigenvalue weighted by molar-refractivity contribution is 6.30. The van der Waals surface area contributed by atoms with Crippen molar-refractivity contribution < 1.29 is 13.9 Å². The van der Waals surface area contributed by atoms with Crippen LogP contribution < -0.4 is 10.6 Å². The zero-order chi connectivity index (χ0) is 13.1. The average Bonchev–Trinajstić information content (AvgIpc) is 2.79. The van der Waals surface area contributed by atoms with Crippen LogP contribution in [-0.4, -0.2) is 38.3 Å². The van der Waals surface area contributed by atoms with Crippen molar-refractivity contribution in [2.24, 2.45) is 0 Å². The molecule has 1 aliphatic rings. The van der Waals surface area contributed by atoms with E-state index >= 15 is 0 Å². The van der Waals surface area contributed by atoms with Crippen LogP contribution in [0, 0.1) is 5.82 Å². The number of ether oxygens (including phenoxy) is 1. The minimum atomic E-state index is -0.600. The zero-order valence-corrected chi connectivity index (χ0v) is 10.6. The number of carbonyl (C=O) groups is 1. The molecule has 0 radical (unpaired) electrons. The van der Waals surface area contributed by atoms with Crippen LogP contribution in [0.4, 0.5) is 4.39 Å².